The number of rotatable bonds is 4. The van der Waals surface area contributed by atoms with Crippen molar-refractivity contribution >= 4 is 39.4 Å². The van der Waals surface area contributed by atoms with Crippen molar-refractivity contribution < 1.29 is 9.72 Å². The molecule has 0 radical (unpaired) electrons. The Morgan fingerprint density at radius 2 is 1.90 bits per heavy atom. The van der Waals surface area contributed by atoms with E-state index in [1.54, 1.807) is 47.8 Å². The largest absolute Gasteiger partial charge is 0.355 e. The number of carbonyl (C=O) groups excluding carboxylic acids is 1. The van der Waals surface area contributed by atoms with E-state index in [9.17, 15) is 14.9 Å². The van der Waals surface area contributed by atoms with Gasteiger partial charge >= 0.3 is 0 Å². The maximum absolute atomic E-state index is 12.8. The highest BCUT2D eigenvalue weighted by Crippen LogP contribution is 2.35. The third-order valence-corrected chi connectivity index (χ3v) is 5.40. The summed E-state index contributed by atoms with van der Waals surface area (Å²) in [7, 11) is 0. The van der Waals surface area contributed by atoms with Crippen LogP contribution in [0, 0.1) is 10.1 Å². The van der Waals surface area contributed by atoms with Crippen LogP contribution in [0.15, 0.2) is 73.3 Å². The lowest BCUT2D eigenvalue weighted by Gasteiger charge is -2.18. The number of carbonyl (C=O) groups is 1. The molecule has 8 heteroatoms. The monoisotopic (exact) mass is 411 g/mol. The number of nitrogens with zero attached hydrogens (tertiary/aromatic N) is 4. The number of nitro groups is 1. The van der Waals surface area contributed by atoms with Gasteiger partial charge in [-0.15, -0.1) is 0 Å². The highest BCUT2D eigenvalue weighted by Gasteiger charge is 2.26. The number of nitro benzene ring substituents is 1. The second kappa shape index (κ2) is 7.49. The molecule has 1 amide bonds. The molecule has 0 spiro atoms. The van der Waals surface area contributed by atoms with Crippen LogP contribution in [0.1, 0.15) is 15.9 Å². The molecule has 3 heterocycles. The summed E-state index contributed by atoms with van der Waals surface area (Å²) in [5.41, 5.74) is 4.13. The molecule has 5 rings (SSSR count). The molecule has 0 saturated heterocycles. The Hall–Kier alpha value is -4.33. The summed E-state index contributed by atoms with van der Waals surface area (Å²) in [5.74, 6) is -0.0681. The summed E-state index contributed by atoms with van der Waals surface area (Å²) in [6, 6.07) is 14.3. The second-order valence-electron chi connectivity index (χ2n) is 7.23. The molecule has 31 heavy (non-hydrogen) atoms. The molecule has 0 bridgehead atoms. The summed E-state index contributed by atoms with van der Waals surface area (Å²) in [6.45, 7) is 0.610. The maximum atomic E-state index is 12.8. The van der Waals surface area contributed by atoms with E-state index in [-0.39, 0.29) is 11.6 Å². The molecule has 2 aromatic heterocycles. The number of benzene rings is 2. The van der Waals surface area contributed by atoms with E-state index in [2.05, 4.69) is 15.3 Å². The summed E-state index contributed by atoms with van der Waals surface area (Å²) in [5, 5.41) is 15.9. The van der Waals surface area contributed by atoms with Crippen molar-refractivity contribution in [2.45, 2.75) is 6.42 Å². The van der Waals surface area contributed by atoms with Crippen molar-refractivity contribution in [1.82, 2.24) is 9.97 Å². The number of nitrogens with one attached hydrogen (secondary N) is 1. The van der Waals surface area contributed by atoms with E-state index < -0.39 is 4.92 Å². The van der Waals surface area contributed by atoms with Gasteiger partial charge < -0.3 is 10.2 Å². The molecular formula is C23H17N5O3. The van der Waals surface area contributed by atoms with Gasteiger partial charge in [0.2, 0.25) is 0 Å². The Kier molecular flexibility index (Phi) is 4.51. The number of pyridine rings is 2. The Balaban J connectivity index is 1.45. The molecule has 0 saturated carbocycles. The molecule has 2 aromatic carbocycles. The first-order chi connectivity index (χ1) is 15.1. The van der Waals surface area contributed by atoms with Crippen molar-refractivity contribution in [3.63, 3.8) is 0 Å². The Morgan fingerprint density at radius 3 is 2.71 bits per heavy atom. The fourth-order valence-corrected chi connectivity index (χ4v) is 3.93. The predicted octanol–water partition coefficient (Wildman–Crippen LogP) is 4.48. The van der Waals surface area contributed by atoms with Crippen molar-refractivity contribution in [2.24, 2.45) is 0 Å². The lowest BCUT2D eigenvalue weighted by Crippen LogP contribution is -2.28. The van der Waals surface area contributed by atoms with Gasteiger partial charge in [-0.3, -0.25) is 24.9 Å². The lowest BCUT2D eigenvalue weighted by molar-refractivity contribution is -0.383. The molecule has 1 aliphatic heterocycles. The van der Waals surface area contributed by atoms with Crippen LogP contribution in [0.3, 0.4) is 0 Å². The first kappa shape index (κ1) is 18.7. The zero-order chi connectivity index (χ0) is 21.4. The summed E-state index contributed by atoms with van der Waals surface area (Å²) in [6.07, 6.45) is 7.09. The minimum Gasteiger partial charge on any atom is -0.355 e. The Labute approximate surface area is 177 Å². The van der Waals surface area contributed by atoms with Gasteiger partial charge in [-0.2, -0.15) is 0 Å². The number of fused-ring (bicyclic) bond motifs is 2. The molecule has 152 valence electrons. The summed E-state index contributed by atoms with van der Waals surface area (Å²) in [4.78, 5) is 33.6. The molecule has 4 aromatic rings. The third kappa shape index (κ3) is 3.33. The summed E-state index contributed by atoms with van der Waals surface area (Å²) < 4.78 is 0. The minimum atomic E-state index is -0.406. The van der Waals surface area contributed by atoms with Gasteiger partial charge in [0.05, 0.1) is 15.9 Å². The van der Waals surface area contributed by atoms with Crippen LogP contribution in [-0.2, 0) is 6.42 Å². The summed E-state index contributed by atoms with van der Waals surface area (Å²) >= 11 is 0. The van der Waals surface area contributed by atoms with E-state index in [0.717, 1.165) is 34.4 Å². The number of anilines is 3. The standard InChI is InChI=1S/C23H17N5O3/c29-23(16-2-1-9-24-13-16)27-11-8-15-12-17(3-5-21(15)27)26-20-4-6-22(28(30)31)19-14-25-10-7-18(19)20/h1-7,9-10,12-14,26H,8,11H2. The van der Waals surface area contributed by atoms with E-state index in [4.69, 9.17) is 0 Å². The van der Waals surface area contributed by atoms with Gasteiger partial charge in [0, 0.05) is 59.8 Å². The quantitative estimate of drug-likeness (QED) is 0.392. The smallest absolute Gasteiger partial charge is 0.278 e. The van der Waals surface area contributed by atoms with Gasteiger partial charge in [-0.1, -0.05) is 0 Å². The maximum Gasteiger partial charge on any atom is 0.278 e. The number of hydrogen-bond acceptors (Lipinski definition) is 6. The van der Waals surface area contributed by atoms with E-state index >= 15 is 0 Å². The average Bonchev–Trinajstić information content (AvgIpc) is 3.22. The average molecular weight is 411 g/mol. The van der Waals surface area contributed by atoms with Crippen LogP contribution in [0.4, 0.5) is 22.7 Å². The molecule has 0 fully saturated rings. The zero-order valence-corrected chi connectivity index (χ0v) is 16.4. The molecule has 8 nitrogen and oxygen atoms in total. The minimum absolute atomic E-state index is 0.0205. The van der Waals surface area contributed by atoms with E-state index in [0.29, 0.717) is 17.5 Å². The highest BCUT2D eigenvalue weighted by molar-refractivity contribution is 6.07. The number of non-ortho nitro benzene ring substituents is 1. The normalized spacial score (nSPS) is 12.6. The van der Waals surface area contributed by atoms with Crippen molar-refractivity contribution in [1.29, 1.82) is 0 Å². The van der Waals surface area contributed by atoms with Gasteiger partial charge in [0.15, 0.2) is 0 Å². The van der Waals surface area contributed by atoms with Crippen LogP contribution in [-0.4, -0.2) is 27.3 Å². The van der Waals surface area contributed by atoms with Gasteiger partial charge in [0.1, 0.15) is 0 Å². The van der Waals surface area contributed by atoms with Gasteiger partial charge in [-0.25, -0.2) is 0 Å². The first-order valence-corrected chi connectivity index (χ1v) is 9.75. The van der Waals surface area contributed by atoms with Crippen LogP contribution >= 0.6 is 0 Å². The van der Waals surface area contributed by atoms with Crippen LogP contribution < -0.4 is 10.2 Å². The molecule has 1 aliphatic rings. The number of amides is 1. The van der Waals surface area contributed by atoms with Gasteiger partial charge in [-0.05, 0) is 54.4 Å². The fourth-order valence-electron chi connectivity index (χ4n) is 3.93. The molecule has 1 N–H and O–H groups in total. The predicted molar refractivity (Wildman–Crippen MR) is 118 cm³/mol. The van der Waals surface area contributed by atoms with Crippen LogP contribution in [0.25, 0.3) is 10.8 Å². The molecule has 0 aliphatic carbocycles. The van der Waals surface area contributed by atoms with E-state index in [1.807, 2.05) is 18.2 Å². The fraction of sp³-hybridized carbons (Fsp3) is 0.0870. The first-order valence-electron chi connectivity index (χ1n) is 9.75. The van der Waals surface area contributed by atoms with Crippen LogP contribution in [0.5, 0.6) is 0 Å². The lowest BCUT2D eigenvalue weighted by atomic mass is 10.1. The topological polar surface area (TPSA) is 101 Å². The SMILES string of the molecule is O=C(c1cccnc1)N1CCc2cc(Nc3ccc([N+](=O)[O-])c4cnccc34)ccc21. The zero-order valence-electron chi connectivity index (χ0n) is 16.4. The number of aromatic nitrogens is 2. The third-order valence-electron chi connectivity index (χ3n) is 5.40. The van der Waals surface area contributed by atoms with Crippen LogP contribution in [0.2, 0.25) is 0 Å². The molecular weight excluding hydrogens is 394 g/mol. The van der Waals surface area contributed by atoms with Gasteiger partial charge in [0.25, 0.3) is 11.6 Å². The molecule has 0 atom stereocenters. The van der Waals surface area contributed by atoms with Crippen molar-refractivity contribution in [3.05, 3.63) is 94.6 Å². The molecule has 0 unspecified atom stereocenters. The number of hydrogen-bond donors (Lipinski definition) is 1. The van der Waals surface area contributed by atoms with Crippen molar-refractivity contribution in [3.8, 4) is 0 Å². The van der Waals surface area contributed by atoms with Crippen molar-refractivity contribution in [2.75, 3.05) is 16.8 Å². The second-order valence-corrected chi connectivity index (χ2v) is 7.23. The Bertz CT molecular complexity index is 1320. The Morgan fingerprint density at radius 1 is 1.03 bits per heavy atom. The highest BCUT2D eigenvalue weighted by atomic mass is 16.6. The van der Waals surface area contributed by atoms with E-state index in [1.165, 1.54) is 12.3 Å².